The molecule has 1 aromatic rings. The molecule has 5 heteroatoms. The van der Waals surface area contributed by atoms with E-state index in [0.717, 1.165) is 18.8 Å². The van der Waals surface area contributed by atoms with Crippen LogP contribution in [0.2, 0.25) is 0 Å². The lowest BCUT2D eigenvalue weighted by Crippen LogP contribution is -2.16. The van der Waals surface area contributed by atoms with Crippen LogP contribution in [0.5, 0.6) is 5.75 Å². The number of rotatable bonds is 3. The van der Waals surface area contributed by atoms with Crippen molar-refractivity contribution in [2.24, 2.45) is 5.84 Å². The molecule has 2 heterocycles. The molecule has 0 saturated carbocycles. The summed E-state index contributed by atoms with van der Waals surface area (Å²) < 4.78 is 10.9. The monoisotopic (exact) mass is 195 g/mol. The lowest BCUT2D eigenvalue weighted by molar-refractivity contribution is 0.141. The van der Waals surface area contributed by atoms with E-state index in [1.54, 1.807) is 18.3 Å². The number of ether oxygens (including phenoxy) is 2. The highest BCUT2D eigenvalue weighted by Gasteiger charge is 2.17. The zero-order valence-corrected chi connectivity index (χ0v) is 7.77. The molecule has 14 heavy (non-hydrogen) atoms. The van der Waals surface area contributed by atoms with Crippen LogP contribution in [0.1, 0.15) is 6.42 Å². The molecule has 0 radical (unpaired) electrons. The Balaban J connectivity index is 2.00. The molecule has 1 aliphatic heterocycles. The second-order valence-corrected chi connectivity index (χ2v) is 3.12. The van der Waals surface area contributed by atoms with Crippen LogP contribution in [-0.4, -0.2) is 24.3 Å². The molecule has 1 aromatic heterocycles. The molecule has 0 aromatic carbocycles. The Bertz CT molecular complexity index is 300. The summed E-state index contributed by atoms with van der Waals surface area (Å²) in [6.45, 7) is 1.44. The van der Waals surface area contributed by atoms with Crippen molar-refractivity contribution in [3.8, 4) is 5.75 Å². The van der Waals surface area contributed by atoms with E-state index in [4.69, 9.17) is 15.3 Å². The number of anilines is 1. The lowest BCUT2D eigenvalue weighted by atomic mass is 10.3. The maximum absolute atomic E-state index is 5.66. The predicted molar refractivity (Wildman–Crippen MR) is 51.9 cm³/mol. The summed E-state index contributed by atoms with van der Waals surface area (Å²) in [5.74, 6) is 6.60. The van der Waals surface area contributed by atoms with E-state index in [2.05, 4.69) is 10.4 Å². The van der Waals surface area contributed by atoms with Gasteiger partial charge < -0.3 is 14.9 Å². The molecule has 0 aliphatic carbocycles. The molecule has 1 fully saturated rings. The van der Waals surface area contributed by atoms with Gasteiger partial charge in [0.25, 0.3) is 0 Å². The van der Waals surface area contributed by atoms with Gasteiger partial charge in [0, 0.05) is 18.7 Å². The zero-order valence-electron chi connectivity index (χ0n) is 7.77. The van der Waals surface area contributed by atoms with Crippen LogP contribution in [0.15, 0.2) is 18.3 Å². The highest BCUT2D eigenvalue weighted by atomic mass is 16.5. The van der Waals surface area contributed by atoms with Crippen LogP contribution in [0.3, 0.4) is 0 Å². The minimum atomic E-state index is 0.156. The Kier molecular flexibility index (Phi) is 2.81. The number of nitrogens with one attached hydrogen (secondary N) is 1. The molecule has 0 spiro atoms. The minimum Gasteiger partial charge on any atom is -0.488 e. The van der Waals surface area contributed by atoms with Gasteiger partial charge in [-0.1, -0.05) is 0 Å². The van der Waals surface area contributed by atoms with Crippen molar-refractivity contribution < 1.29 is 9.47 Å². The first-order valence-corrected chi connectivity index (χ1v) is 4.55. The van der Waals surface area contributed by atoms with Gasteiger partial charge in [-0.3, -0.25) is 0 Å². The van der Waals surface area contributed by atoms with Crippen LogP contribution in [-0.2, 0) is 4.74 Å². The number of aromatic nitrogens is 1. The van der Waals surface area contributed by atoms with E-state index in [1.165, 1.54) is 0 Å². The first-order chi connectivity index (χ1) is 6.88. The van der Waals surface area contributed by atoms with Crippen LogP contribution >= 0.6 is 0 Å². The van der Waals surface area contributed by atoms with Gasteiger partial charge >= 0.3 is 0 Å². The molecule has 2 rings (SSSR count). The van der Waals surface area contributed by atoms with Crippen molar-refractivity contribution in [3.63, 3.8) is 0 Å². The molecule has 0 amide bonds. The van der Waals surface area contributed by atoms with E-state index in [-0.39, 0.29) is 6.10 Å². The molecule has 76 valence electrons. The highest BCUT2D eigenvalue weighted by Crippen LogP contribution is 2.18. The van der Waals surface area contributed by atoms with Gasteiger partial charge in [0.2, 0.25) is 0 Å². The third-order valence-corrected chi connectivity index (χ3v) is 2.07. The van der Waals surface area contributed by atoms with Crippen molar-refractivity contribution in [3.05, 3.63) is 18.3 Å². The van der Waals surface area contributed by atoms with Gasteiger partial charge in [-0.25, -0.2) is 10.8 Å². The first kappa shape index (κ1) is 9.23. The molecule has 1 unspecified atom stereocenters. The van der Waals surface area contributed by atoms with E-state index in [0.29, 0.717) is 12.4 Å². The quantitative estimate of drug-likeness (QED) is 0.544. The number of nitrogens with zero attached hydrogens (tertiary/aromatic N) is 1. The summed E-state index contributed by atoms with van der Waals surface area (Å²) in [4.78, 5) is 3.99. The van der Waals surface area contributed by atoms with Gasteiger partial charge in [-0.2, -0.15) is 0 Å². The van der Waals surface area contributed by atoms with Gasteiger partial charge in [0.05, 0.1) is 13.2 Å². The molecule has 5 nitrogen and oxygen atoms in total. The molecule has 1 saturated heterocycles. The Hall–Kier alpha value is -1.33. The first-order valence-electron chi connectivity index (χ1n) is 4.55. The molecule has 1 aliphatic rings. The number of hydrogen-bond acceptors (Lipinski definition) is 5. The van der Waals surface area contributed by atoms with Gasteiger partial charge in [0.15, 0.2) is 0 Å². The SMILES string of the molecule is NNc1cc(OC2CCOC2)ccn1. The molecule has 0 bridgehead atoms. The second kappa shape index (κ2) is 4.26. The fourth-order valence-corrected chi connectivity index (χ4v) is 1.36. The van der Waals surface area contributed by atoms with Crippen LogP contribution in [0, 0.1) is 0 Å². The maximum atomic E-state index is 5.66. The van der Waals surface area contributed by atoms with E-state index < -0.39 is 0 Å². The molecule has 3 N–H and O–H groups in total. The average molecular weight is 195 g/mol. The summed E-state index contributed by atoms with van der Waals surface area (Å²) in [6.07, 6.45) is 2.75. The Labute approximate surface area is 82.2 Å². The van der Waals surface area contributed by atoms with E-state index >= 15 is 0 Å². The largest absolute Gasteiger partial charge is 0.488 e. The lowest BCUT2D eigenvalue weighted by Gasteiger charge is -2.11. The predicted octanol–water partition coefficient (Wildman–Crippen LogP) is 0.535. The maximum Gasteiger partial charge on any atom is 0.143 e. The fourth-order valence-electron chi connectivity index (χ4n) is 1.36. The smallest absolute Gasteiger partial charge is 0.143 e. The van der Waals surface area contributed by atoms with Gasteiger partial charge in [0.1, 0.15) is 17.7 Å². The topological polar surface area (TPSA) is 69.4 Å². The highest BCUT2D eigenvalue weighted by molar-refractivity contribution is 5.39. The van der Waals surface area contributed by atoms with E-state index in [9.17, 15) is 0 Å². The number of pyridine rings is 1. The number of nitrogen functional groups attached to an aromatic ring is 1. The third kappa shape index (κ3) is 2.12. The van der Waals surface area contributed by atoms with Crippen LogP contribution < -0.4 is 16.0 Å². The Morgan fingerprint density at radius 1 is 1.64 bits per heavy atom. The van der Waals surface area contributed by atoms with Gasteiger partial charge in [-0.15, -0.1) is 0 Å². The molecular formula is C9H13N3O2. The summed E-state index contributed by atoms with van der Waals surface area (Å²) >= 11 is 0. The van der Waals surface area contributed by atoms with Crippen molar-refractivity contribution >= 4 is 5.82 Å². The normalized spacial score (nSPS) is 20.8. The second-order valence-electron chi connectivity index (χ2n) is 3.12. The summed E-state index contributed by atoms with van der Waals surface area (Å²) in [5.41, 5.74) is 2.47. The van der Waals surface area contributed by atoms with Crippen molar-refractivity contribution in [2.75, 3.05) is 18.6 Å². The summed E-state index contributed by atoms with van der Waals surface area (Å²) in [7, 11) is 0. The summed E-state index contributed by atoms with van der Waals surface area (Å²) in [6, 6.07) is 3.57. The fraction of sp³-hybridized carbons (Fsp3) is 0.444. The van der Waals surface area contributed by atoms with Crippen LogP contribution in [0.4, 0.5) is 5.82 Å². The summed E-state index contributed by atoms with van der Waals surface area (Å²) in [5, 5.41) is 0. The minimum absolute atomic E-state index is 0.156. The van der Waals surface area contributed by atoms with Crippen molar-refractivity contribution in [2.45, 2.75) is 12.5 Å². The van der Waals surface area contributed by atoms with Crippen molar-refractivity contribution in [1.29, 1.82) is 0 Å². The Morgan fingerprint density at radius 3 is 3.29 bits per heavy atom. The number of hydrogen-bond donors (Lipinski definition) is 2. The van der Waals surface area contributed by atoms with Crippen molar-refractivity contribution in [1.82, 2.24) is 4.98 Å². The Morgan fingerprint density at radius 2 is 2.57 bits per heavy atom. The number of hydrazine groups is 1. The van der Waals surface area contributed by atoms with E-state index in [1.807, 2.05) is 0 Å². The third-order valence-electron chi connectivity index (χ3n) is 2.07. The number of nitrogens with two attached hydrogens (primary N) is 1. The van der Waals surface area contributed by atoms with Crippen LogP contribution in [0.25, 0.3) is 0 Å². The average Bonchev–Trinajstić information content (AvgIpc) is 2.71. The molecular weight excluding hydrogens is 182 g/mol. The standard InChI is InChI=1S/C9H13N3O2/c10-12-9-5-7(1-3-11-9)14-8-2-4-13-6-8/h1,3,5,8H,2,4,6,10H2,(H,11,12). The zero-order chi connectivity index (χ0) is 9.80. The van der Waals surface area contributed by atoms with Gasteiger partial charge in [-0.05, 0) is 6.07 Å². The molecule has 1 atom stereocenters.